The van der Waals surface area contributed by atoms with Crippen LogP contribution in [-0.4, -0.2) is 13.2 Å². The number of ether oxygens (including phenoxy) is 2. The normalized spacial score (nSPS) is 11.6. The molecule has 26 heavy (non-hydrogen) atoms. The molecule has 0 amide bonds. The molecule has 2 nitrogen and oxygen atoms in total. The SMILES string of the molecule is CCCCOc1cc2c(cc1Br)sc1cc(Br)c(OCCC(C)C)cc12. The van der Waals surface area contributed by atoms with E-state index in [1.165, 1.54) is 20.2 Å². The first-order chi connectivity index (χ1) is 12.5. The molecule has 1 aromatic heterocycles. The van der Waals surface area contributed by atoms with E-state index in [0.29, 0.717) is 5.92 Å². The van der Waals surface area contributed by atoms with Crippen LogP contribution in [0.15, 0.2) is 33.2 Å². The molecule has 0 N–H and O–H groups in total. The highest BCUT2D eigenvalue weighted by Crippen LogP contribution is 2.43. The van der Waals surface area contributed by atoms with Crippen LogP contribution in [-0.2, 0) is 0 Å². The zero-order chi connectivity index (χ0) is 18.7. The molecule has 0 unspecified atom stereocenters. The van der Waals surface area contributed by atoms with Gasteiger partial charge in [-0.25, -0.2) is 0 Å². The number of fused-ring (bicyclic) bond motifs is 3. The van der Waals surface area contributed by atoms with Crippen LogP contribution in [0, 0.1) is 5.92 Å². The Morgan fingerprint density at radius 1 is 0.885 bits per heavy atom. The van der Waals surface area contributed by atoms with E-state index in [1.54, 1.807) is 11.3 Å². The van der Waals surface area contributed by atoms with E-state index in [2.05, 4.69) is 76.9 Å². The molecule has 0 fully saturated rings. The third-order valence-electron chi connectivity index (χ3n) is 4.29. The molecule has 3 aromatic rings. The average Bonchev–Trinajstić information content (AvgIpc) is 2.91. The highest BCUT2D eigenvalue weighted by Gasteiger charge is 2.13. The lowest BCUT2D eigenvalue weighted by molar-refractivity contribution is 0.288. The Hall–Kier alpha value is -0.780. The number of thiophene rings is 1. The quantitative estimate of drug-likeness (QED) is 0.291. The van der Waals surface area contributed by atoms with E-state index in [1.807, 2.05) is 0 Å². The summed E-state index contributed by atoms with van der Waals surface area (Å²) in [7, 11) is 0. The fourth-order valence-corrected chi connectivity index (χ4v) is 5.10. The zero-order valence-corrected chi connectivity index (χ0v) is 19.4. The lowest BCUT2D eigenvalue weighted by atomic mass is 10.1. The lowest BCUT2D eigenvalue weighted by Gasteiger charge is -2.10. The first-order valence-electron chi connectivity index (χ1n) is 9.10. The summed E-state index contributed by atoms with van der Waals surface area (Å²) >= 11 is 9.11. The van der Waals surface area contributed by atoms with Crippen LogP contribution < -0.4 is 9.47 Å². The van der Waals surface area contributed by atoms with Gasteiger partial charge in [0.1, 0.15) is 11.5 Å². The molecule has 0 aliphatic heterocycles. The van der Waals surface area contributed by atoms with Crippen LogP contribution in [0.4, 0.5) is 0 Å². The molecule has 1 heterocycles. The fourth-order valence-electron chi connectivity index (χ4n) is 2.73. The Labute approximate surface area is 176 Å². The van der Waals surface area contributed by atoms with Crippen LogP contribution in [0.3, 0.4) is 0 Å². The summed E-state index contributed by atoms with van der Waals surface area (Å²) in [6.07, 6.45) is 3.25. The van der Waals surface area contributed by atoms with E-state index in [9.17, 15) is 0 Å². The number of hydrogen-bond acceptors (Lipinski definition) is 3. The van der Waals surface area contributed by atoms with E-state index in [-0.39, 0.29) is 0 Å². The second-order valence-electron chi connectivity index (χ2n) is 6.89. The molecule has 0 spiro atoms. The van der Waals surface area contributed by atoms with Crippen molar-refractivity contribution in [2.75, 3.05) is 13.2 Å². The number of benzene rings is 2. The van der Waals surface area contributed by atoms with Gasteiger partial charge >= 0.3 is 0 Å². The molecular weight excluding hydrogens is 476 g/mol. The summed E-state index contributed by atoms with van der Waals surface area (Å²) in [5.41, 5.74) is 0. The summed E-state index contributed by atoms with van der Waals surface area (Å²) in [5.74, 6) is 2.46. The van der Waals surface area contributed by atoms with E-state index >= 15 is 0 Å². The van der Waals surface area contributed by atoms with Crippen LogP contribution in [0.1, 0.15) is 40.0 Å². The number of unbranched alkanes of at least 4 members (excludes halogenated alkanes) is 1. The van der Waals surface area contributed by atoms with E-state index in [0.717, 1.165) is 52.9 Å². The van der Waals surface area contributed by atoms with Gasteiger partial charge in [0.25, 0.3) is 0 Å². The molecule has 5 heteroatoms. The Balaban J connectivity index is 1.97. The molecule has 0 atom stereocenters. The maximum atomic E-state index is 6.02. The Morgan fingerprint density at radius 3 is 1.92 bits per heavy atom. The average molecular weight is 500 g/mol. The zero-order valence-electron chi connectivity index (χ0n) is 15.4. The van der Waals surface area contributed by atoms with Crippen molar-refractivity contribution in [1.82, 2.24) is 0 Å². The molecule has 0 bridgehead atoms. The largest absolute Gasteiger partial charge is 0.492 e. The summed E-state index contributed by atoms with van der Waals surface area (Å²) in [6.45, 7) is 8.09. The van der Waals surface area contributed by atoms with Crippen molar-refractivity contribution in [3.05, 3.63) is 33.2 Å². The van der Waals surface area contributed by atoms with Gasteiger partial charge in [0.2, 0.25) is 0 Å². The van der Waals surface area contributed by atoms with Gasteiger partial charge in [0.05, 0.1) is 22.2 Å². The molecule has 3 rings (SSSR count). The maximum Gasteiger partial charge on any atom is 0.134 e. The third kappa shape index (κ3) is 4.55. The Kier molecular flexibility index (Phi) is 6.87. The number of rotatable bonds is 8. The standard InChI is InChI=1S/C21H24Br2O2S/c1-4-5-7-24-18-9-14-15-10-19(25-8-6-13(2)3)17(23)12-21(15)26-20(14)11-16(18)22/h9-13H,4-8H2,1-3H3. The van der Waals surface area contributed by atoms with Gasteiger partial charge < -0.3 is 9.47 Å². The number of hydrogen-bond donors (Lipinski definition) is 0. The molecule has 0 saturated carbocycles. The highest BCUT2D eigenvalue weighted by atomic mass is 79.9. The van der Waals surface area contributed by atoms with Crippen molar-refractivity contribution >= 4 is 63.4 Å². The third-order valence-corrected chi connectivity index (χ3v) is 6.64. The minimum absolute atomic E-state index is 0.639. The molecule has 2 aromatic carbocycles. The predicted octanol–water partition coefficient (Wildman–Crippen LogP) is 8.18. The smallest absolute Gasteiger partial charge is 0.134 e. The molecule has 140 valence electrons. The first kappa shape index (κ1) is 20.0. The van der Waals surface area contributed by atoms with Gasteiger partial charge in [-0.3, -0.25) is 0 Å². The van der Waals surface area contributed by atoms with Gasteiger partial charge in [0, 0.05) is 20.2 Å². The van der Waals surface area contributed by atoms with Crippen molar-refractivity contribution in [3.63, 3.8) is 0 Å². The second kappa shape index (κ2) is 8.94. The molecule has 0 aliphatic carbocycles. The van der Waals surface area contributed by atoms with Crippen LogP contribution in [0.5, 0.6) is 11.5 Å². The predicted molar refractivity (Wildman–Crippen MR) is 120 cm³/mol. The van der Waals surface area contributed by atoms with Crippen molar-refractivity contribution in [1.29, 1.82) is 0 Å². The molecule has 0 aliphatic rings. The summed E-state index contributed by atoms with van der Waals surface area (Å²) in [5, 5.41) is 2.45. The minimum atomic E-state index is 0.639. The summed E-state index contributed by atoms with van der Waals surface area (Å²) < 4.78 is 16.5. The van der Waals surface area contributed by atoms with Crippen molar-refractivity contribution in [2.45, 2.75) is 40.0 Å². The topological polar surface area (TPSA) is 18.5 Å². The van der Waals surface area contributed by atoms with Gasteiger partial charge in [-0.15, -0.1) is 11.3 Å². The first-order valence-corrected chi connectivity index (χ1v) is 11.5. The molecule has 0 radical (unpaired) electrons. The number of halogens is 2. The minimum Gasteiger partial charge on any atom is -0.492 e. The second-order valence-corrected chi connectivity index (χ2v) is 9.69. The highest BCUT2D eigenvalue weighted by molar-refractivity contribution is 9.11. The van der Waals surface area contributed by atoms with Gasteiger partial charge in [-0.1, -0.05) is 27.2 Å². The van der Waals surface area contributed by atoms with Crippen LogP contribution in [0.2, 0.25) is 0 Å². The van der Waals surface area contributed by atoms with Gasteiger partial charge in [0.15, 0.2) is 0 Å². The molecule has 0 saturated heterocycles. The van der Waals surface area contributed by atoms with Crippen molar-refractivity contribution in [3.8, 4) is 11.5 Å². The van der Waals surface area contributed by atoms with E-state index in [4.69, 9.17) is 9.47 Å². The van der Waals surface area contributed by atoms with Crippen LogP contribution >= 0.6 is 43.2 Å². The Bertz CT molecular complexity index is 902. The van der Waals surface area contributed by atoms with E-state index < -0.39 is 0 Å². The van der Waals surface area contributed by atoms with Crippen molar-refractivity contribution in [2.24, 2.45) is 5.92 Å². The van der Waals surface area contributed by atoms with Crippen molar-refractivity contribution < 1.29 is 9.47 Å². The van der Waals surface area contributed by atoms with Gasteiger partial charge in [-0.2, -0.15) is 0 Å². The summed E-state index contributed by atoms with van der Waals surface area (Å²) in [4.78, 5) is 0. The maximum absolute atomic E-state index is 6.02. The Morgan fingerprint density at radius 2 is 1.42 bits per heavy atom. The van der Waals surface area contributed by atoms with Gasteiger partial charge in [-0.05, 0) is 74.9 Å². The fraction of sp³-hybridized carbons (Fsp3) is 0.429. The summed E-state index contributed by atoms with van der Waals surface area (Å²) in [6, 6.07) is 8.63. The van der Waals surface area contributed by atoms with Crippen LogP contribution in [0.25, 0.3) is 20.2 Å². The monoisotopic (exact) mass is 498 g/mol. The lowest BCUT2D eigenvalue weighted by Crippen LogP contribution is -2.01. The molecular formula is C21H24Br2O2S.